The number of benzene rings is 2. The Balaban J connectivity index is 2.18. The summed E-state index contributed by atoms with van der Waals surface area (Å²) in [6.45, 7) is 3.67. The summed E-state index contributed by atoms with van der Waals surface area (Å²) in [5, 5.41) is 2.75. The summed E-state index contributed by atoms with van der Waals surface area (Å²) in [7, 11) is -1.43. The number of hydrogen-bond acceptors (Lipinski definition) is 4. The van der Waals surface area contributed by atoms with E-state index < -0.39 is 28.5 Å². The molecule has 0 aliphatic carbocycles. The molecule has 1 N–H and O–H groups in total. The first-order valence-corrected chi connectivity index (χ1v) is 10.5. The van der Waals surface area contributed by atoms with E-state index in [0.29, 0.717) is 6.61 Å². The molecule has 2 aromatic carbocycles. The van der Waals surface area contributed by atoms with Gasteiger partial charge in [-0.3, -0.25) is 4.79 Å². The number of amides is 1. The maximum absolute atomic E-state index is 14.2. The summed E-state index contributed by atoms with van der Waals surface area (Å²) in [6.07, 6.45) is 0. The molecule has 7 nitrogen and oxygen atoms in total. The lowest BCUT2D eigenvalue weighted by Gasteiger charge is -2.27. The molecule has 1 amide bonds. The summed E-state index contributed by atoms with van der Waals surface area (Å²) in [6, 6.07) is 12.3. The number of anilines is 1. The van der Waals surface area contributed by atoms with Crippen LogP contribution in [0.3, 0.4) is 0 Å². The first-order chi connectivity index (χ1) is 13.7. The number of halogens is 1. The topological polar surface area (TPSA) is 79.0 Å². The third-order valence-corrected chi connectivity index (χ3v) is 6.02. The van der Waals surface area contributed by atoms with Crippen LogP contribution in [0.5, 0.6) is 5.75 Å². The molecule has 0 spiro atoms. The van der Waals surface area contributed by atoms with Crippen LogP contribution in [-0.2, 0) is 15.0 Å². The summed E-state index contributed by atoms with van der Waals surface area (Å²) in [5.41, 5.74) is 0.639. The monoisotopic (exact) mass is 423 g/mol. The Kier molecular flexibility index (Phi) is 7.58. The average molecular weight is 424 g/mol. The van der Waals surface area contributed by atoms with Crippen LogP contribution in [-0.4, -0.2) is 45.9 Å². The van der Waals surface area contributed by atoms with Crippen LogP contribution in [0.25, 0.3) is 0 Å². The molecule has 158 valence electrons. The van der Waals surface area contributed by atoms with Gasteiger partial charge in [0, 0.05) is 14.1 Å². The van der Waals surface area contributed by atoms with E-state index in [9.17, 15) is 17.6 Å². The first kappa shape index (κ1) is 22.6. The highest BCUT2D eigenvalue weighted by molar-refractivity contribution is 7.90. The second-order valence-corrected chi connectivity index (χ2v) is 8.61. The van der Waals surface area contributed by atoms with E-state index in [2.05, 4.69) is 5.32 Å². The molecular formula is C20H26FN3O4S. The average Bonchev–Trinajstić information content (AvgIpc) is 2.67. The molecule has 0 saturated carbocycles. The van der Waals surface area contributed by atoms with E-state index in [-0.39, 0.29) is 11.7 Å². The van der Waals surface area contributed by atoms with Crippen molar-refractivity contribution in [3.8, 4) is 5.75 Å². The minimum Gasteiger partial charge on any atom is -0.494 e. The van der Waals surface area contributed by atoms with Crippen LogP contribution in [0.2, 0.25) is 0 Å². The maximum Gasteiger partial charge on any atom is 0.304 e. The fourth-order valence-corrected chi connectivity index (χ4v) is 3.73. The van der Waals surface area contributed by atoms with Crippen molar-refractivity contribution in [2.24, 2.45) is 0 Å². The van der Waals surface area contributed by atoms with E-state index in [1.807, 2.05) is 19.1 Å². The Labute approximate surface area is 171 Å². The smallest absolute Gasteiger partial charge is 0.304 e. The van der Waals surface area contributed by atoms with E-state index in [1.165, 1.54) is 32.3 Å². The lowest BCUT2D eigenvalue weighted by molar-refractivity contribution is -0.120. The maximum atomic E-state index is 14.2. The van der Waals surface area contributed by atoms with Gasteiger partial charge in [-0.15, -0.1) is 0 Å². The van der Waals surface area contributed by atoms with Crippen molar-refractivity contribution in [1.29, 1.82) is 0 Å². The third kappa shape index (κ3) is 5.68. The minimum absolute atomic E-state index is 0.190. The number of rotatable bonds is 9. The van der Waals surface area contributed by atoms with Gasteiger partial charge in [-0.05, 0) is 43.7 Å². The molecule has 9 heteroatoms. The van der Waals surface area contributed by atoms with Gasteiger partial charge in [0.25, 0.3) is 0 Å². The van der Waals surface area contributed by atoms with Gasteiger partial charge in [-0.25, -0.2) is 8.70 Å². The molecule has 2 aromatic rings. The molecule has 1 atom stereocenters. The van der Waals surface area contributed by atoms with Crippen molar-refractivity contribution in [2.75, 3.05) is 31.6 Å². The highest BCUT2D eigenvalue weighted by atomic mass is 32.2. The molecule has 0 heterocycles. The molecule has 0 unspecified atom stereocenters. The highest BCUT2D eigenvalue weighted by Crippen LogP contribution is 2.23. The molecule has 0 bridgehead atoms. The van der Waals surface area contributed by atoms with Gasteiger partial charge in [0.1, 0.15) is 18.1 Å². The van der Waals surface area contributed by atoms with E-state index >= 15 is 0 Å². The number of hydrogen-bond donors (Lipinski definition) is 1. The molecule has 0 aromatic heterocycles. The Hall–Kier alpha value is -2.65. The summed E-state index contributed by atoms with van der Waals surface area (Å²) >= 11 is 0. The van der Waals surface area contributed by atoms with E-state index in [1.54, 1.807) is 19.1 Å². The van der Waals surface area contributed by atoms with Crippen LogP contribution in [0.1, 0.15) is 25.5 Å². The van der Waals surface area contributed by atoms with Crippen molar-refractivity contribution in [1.82, 2.24) is 9.62 Å². The van der Waals surface area contributed by atoms with Crippen LogP contribution < -0.4 is 14.4 Å². The van der Waals surface area contributed by atoms with Crippen molar-refractivity contribution < 1.29 is 22.3 Å². The zero-order chi connectivity index (χ0) is 21.6. The largest absolute Gasteiger partial charge is 0.494 e. The minimum atomic E-state index is -4.07. The predicted molar refractivity (Wildman–Crippen MR) is 111 cm³/mol. The number of carbonyl (C=O) groups is 1. The van der Waals surface area contributed by atoms with Crippen LogP contribution in [0, 0.1) is 5.82 Å². The van der Waals surface area contributed by atoms with Gasteiger partial charge in [0.05, 0.1) is 18.3 Å². The molecule has 0 aliphatic heterocycles. The molecule has 0 aliphatic rings. The van der Waals surface area contributed by atoms with Gasteiger partial charge in [-0.1, -0.05) is 24.3 Å². The van der Waals surface area contributed by atoms with Gasteiger partial charge in [0.15, 0.2) is 0 Å². The Morgan fingerprint density at radius 2 is 1.76 bits per heavy atom. The first-order valence-electron chi connectivity index (χ1n) is 9.13. The molecule has 2 rings (SSSR count). The van der Waals surface area contributed by atoms with Crippen molar-refractivity contribution in [2.45, 2.75) is 19.9 Å². The molecular weight excluding hydrogens is 397 g/mol. The standard InChI is InChI=1S/C20H26FN3O4S/c1-5-28-17-12-10-16(11-13-17)15(2)22-20(25)14-24(29(26,27)23(3)4)19-9-7-6-8-18(19)21/h6-13,15H,5,14H2,1-4H3,(H,22,25)/t15-/m0/s1. The van der Waals surface area contributed by atoms with Crippen LogP contribution in [0.15, 0.2) is 48.5 Å². The Morgan fingerprint density at radius 3 is 2.31 bits per heavy atom. The van der Waals surface area contributed by atoms with Crippen molar-refractivity contribution in [3.05, 3.63) is 59.9 Å². The van der Waals surface area contributed by atoms with Gasteiger partial charge < -0.3 is 10.1 Å². The highest BCUT2D eigenvalue weighted by Gasteiger charge is 2.29. The summed E-state index contributed by atoms with van der Waals surface area (Å²) in [5.74, 6) is -0.567. The lowest BCUT2D eigenvalue weighted by Crippen LogP contribution is -2.46. The van der Waals surface area contributed by atoms with Crippen molar-refractivity contribution in [3.63, 3.8) is 0 Å². The number of nitrogens with one attached hydrogen (secondary N) is 1. The fraction of sp³-hybridized carbons (Fsp3) is 0.350. The zero-order valence-corrected chi connectivity index (χ0v) is 17.7. The van der Waals surface area contributed by atoms with Crippen LogP contribution >= 0.6 is 0 Å². The SMILES string of the molecule is CCOc1ccc([C@H](C)NC(=O)CN(c2ccccc2F)S(=O)(=O)N(C)C)cc1. The number of nitrogens with zero attached hydrogens (tertiary/aromatic N) is 2. The normalized spacial score (nSPS) is 12.5. The Morgan fingerprint density at radius 1 is 1.14 bits per heavy atom. The molecule has 0 fully saturated rings. The molecule has 0 saturated heterocycles. The Bertz CT molecular complexity index is 933. The van der Waals surface area contributed by atoms with Gasteiger partial charge in [-0.2, -0.15) is 12.7 Å². The van der Waals surface area contributed by atoms with Gasteiger partial charge >= 0.3 is 10.2 Å². The number of ether oxygens (including phenoxy) is 1. The zero-order valence-electron chi connectivity index (χ0n) is 16.9. The molecule has 29 heavy (non-hydrogen) atoms. The van der Waals surface area contributed by atoms with Crippen molar-refractivity contribution >= 4 is 21.8 Å². The number of para-hydroxylation sites is 1. The lowest BCUT2D eigenvalue weighted by atomic mass is 10.1. The van der Waals surface area contributed by atoms with E-state index in [0.717, 1.165) is 26.0 Å². The third-order valence-electron chi connectivity index (χ3n) is 4.22. The fourth-order valence-electron chi connectivity index (χ4n) is 2.66. The second-order valence-electron chi connectivity index (χ2n) is 6.54. The van der Waals surface area contributed by atoms with Crippen LogP contribution in [0.4, 0.5) is 10.1 Å². The van der Waals surface area contributed by atoms with E-state index in [4.69, 9.17) is 4.74 Å². The second kappa shape index (κ2) is 9.71. The van der Waals surface area contributed by atoms with Gasteiger partial charge in [0.2, 0.25) is 5.91 Å². The summed E-state index contributed by atoms with van der Waals surface area (Å²) in [4.78, 5) is 12.6. The summed E-state index contributed by atoms with van der Waals surface area (Å²) < 4.78 is 46.7. The predicted octanol–water partition coefficient (Wildman–Crippen LogP) is 2.71. The number of carbonyl (C=O) groups excluding carboxylic acids is 1. The molecule has 0 radical (unpaired) electrons. The quantitative estimate of drug-likeness (QED) is 0.673.